The maximum absolute atomic E-state index is 14.6. The molecule has 0 saturated heterocycles. The largest absolute Gasteiger partial charge is 0.459 e. The van der Waals surface area contributed by atoms with E-state index in [1.165, 1.54) is 0 Å². The maximum Gasteiger partial charge on any atom is 0.410 e. The van der Waals surface area contributed by atoms with Crippen LogP contribution in [0.25, 0.3) is 11.1 Å². The summed E-state index contributed by atoms with van der Waals surface area (Å²) in [6, 6.07) is 33.7. The van der Waals surface area contributed by atoms with Gasteiger partial charge in [0.05, 0.1) is 24.8 Å². The van der Waals surface area contributed by atoms with Crippen molar-refractivity contribution < 1.29 is 38.8 Å². The fourth-order valence-corrected chi connectivity index (χ4v) is 9.93. The summed E-state index contributed by atoms with van der Waals surface area (Å²) in [4.78, 5) is 22.6. The van der Waals surface area contributed by atoms with Crippen LogP contribution in [0.15, 0.2) is 133 Å². The summed E-state index contributed by atoms with van der Waals surface area (Å²) in [7, 11) is 0. The average Bonchev–Trinajstić information content (AvgIpc) is 3.31. The number of nitrogens with zero attached hydrogens (tertiary/aromatic N) is 2. The molecule has 10 nitrogen and oxygen atoms in total. The second kappa shape index (κ2) is 22.2. The zero-order valence-corrected chi connectivity index (χ0v) is 38.7. The van der Waals surface area contributed by atoms with E-state index < -0.39 is 23.8 Å². The normalized spacial score (nSPS) is 22.8. The van der Waals surface area contributed by atoms with Crippen molar-refractivity contribution in [1.82, 2.24) is 4.90 Å². The van der Waals surface area contributed by atoms with Crippen LogP contribution in [0.3, 0.4) is 0 Å². The van der Waals surface area contributed by atoms with Crippen molar-refractivity contribution >= 4 is 11.8 Å². The third kappa shape index (κ3) is 11.3. The Balaban J connectivity index is 1.39. The summed E-state index contributed by atoms with van der Waals surface area (Å²) >= 11 is 0. The van der Waals surface area contributed by atoms with E-state index in [2.05, 4.69) is 49.9 Å². The first-order chi connectivity index (χ1) is 31.6. The van der Waals surface area contributed by atoms with Gasteiger partial charge in [-0.05, 0) is 102 Å². The van der Waals surface area contributed by atoms with E-state index in [-0.39, 0.29) is 56.2 Å². The molecule has 346 valence electrons. The van der Waals surface area contributed by atoms with Gasteiger partial charge < -0.3 is 34.0 Å². The van der Waals surface area contributed by atoms with E-state index in [0.29, 0.717) is 49.5 Å². The predicted molar refractivity (Wildman–Crippen MR) is 256 cm³/mol. The van der Waals surface area contributed by atoms with E-state index in [0.717, 1.165) is 59.2 Å². The Morgan fingerprint density at radius 3 is 2.25 bits per heavy atom. The highest BCUT2D eigenvalue weighted by Gasteiger charge is 2.65. The number of hydrogen-bond donors (Lipinski definition) is 2. The van der Waals surface area contributed by atoms with Gasteiger partial charge in [-0.3, -0.25) is 4.90 Å². The fourth-order valence-electron chi connectivity index (χ4n) is 9.93. The molecule has 0 radical (unpaired) electrons. The number of hydrogen-bond acceptors (Lipinski definition) is 9. The molecule has 4 aromatic rings. The fraction of sp³-hybridized carbons (Fsp3) is 0.455. The first-order valence-corrected chi connectivity index (χ1v) is 23.6. The van der Waals surface area contributed by atoms with Crippen LogP contribution in [0, 0.1) is 23.2 Å². The van der Waals surface area contributed by atoms with Crippen LogP contribution >= 0.6 is 0 Å². The first-order valence-electron chi connectivity index (χ1n) is 23.6. The van der Waals surface area contributed by atoms with E-state index in [4.69, 9.17) is 28.9 Å². The number of aliphatic hydroxyl groups is 2. The van der Waals surface area contributed by atoms with Gasteiger partial charge in [0.2, 0.25) is 5.79 Å². The van der Waals surface area contributed by atoms with Gasteiger partial charge in [-0.25, -0.2) is 4.79 Å². The highest BCUT2D eigenvalue weighted by atomic mass is 16.7. The van der Waals surface area contributed by atoms with E-state index in [9.17, 15) is 15.0 Å². The predicted octanol–water partition coefficient (Wildman–Crippen LogP) is 11.9. The van der Waals surface area contributed by atoms with Gasteiger partial charge in [-0.15, -0.1) is 6.58 Å². The van der Waals surface area contributed by atoms with Crippen molar-refractivity contribution in [3.05, 3.63) is 139 Å². The molecule has 1 amide bonds. The minimum absolute atomic E-state index is 0.0708. The average molecular weight is 885 g/mol. The molecule has 2 aliphatic carbocycles. The Bertz CT molecular complexity index is 2220. The number of allylic oxidation sites excluding steroid dienone is 1. The molecule has 3 aliphatic rings. The van der Waals surface area contributed by atoms with Crippen LogP contribution < -0.4 is 9.47 Å². The van der Waals surface area contributed by atoms with Gasteiger partial charge in [-0.1, -0.05) is 131 Å². The Labute approximate surface area is 385 Å². The lowest BCUT2D eigenvalue weighted by molar-refractivity contribution is -0.255. The standard InChI is InChI=1S/C55H68N2O8/c1-6-30-57(53(60)61-38-54(3,4)5)50-36-48(56-63-37-39-18-10-8-11-19-39)46-34-42(22-14-16-31-58)45(23-15-17-32-59)51-47-35-44(28-29-49(47)65-55(50,52(46)51)62-33-7-2)64-43-26-24-41(25-27-43)40-20-12-9-13-21-40/h7-13,18-21,24-29,34-35,42,45,50-52,58-59H,2,6,14-17,22-23,30-33,36-38H2,1,3-5H3/t42-,45+,50-,51+,52+,55+/m0/s1. The van der Waals surface area contributed by atoms with Crippen molar-refractivity contribution in [1.29, 1.82) is 0 Å². The van der Waals surface area contributed by atoms with Gasteiger partial charge in [0, 0.05) is 37.7 Å². The molecule has 0 aromatic heterocycles. The van der Waals surface area contributed by atoms with Crippen molar-refractivity contribution in [2.24, 2.45) is 28.3 Å². The van der Waals surface area contributed by atoms with Crippen LogP contribution in [0.5, 0.6) is 17.2 Å². The molecule has 1 heterocycles. The number of oxime groups is 1. The molecule has 1 aliphatic heterocycles. The summed E-state index contributed by atoms with van der Waals surface area (Å²) < 4.78 is 27.3. The molecule has 4 aromatic carbocycles. The van der Waals surface area contributed by atoms with Crippen molar-refractivity contribution in [3.8, 4) is 28.4 Å². The number of unbranched alkanes of at least 4 members (excludes halogenated alkanes) is 2. The lowest BCUT2D eigenvalue weighted by Gasteiger charge is -2.60. The zero-order chi connectivity index (χ0) is 45.8. The van der Waals surface area contributed by atoms with Gasteiger partial charge in [0.15, 0.2) is 0 Å². The number of carbonyl (C=O) groups is 1. The Morgan fingerprint density at radius 1 is 0.892 bits per heavy atom. The molecule has 1 saturated carbocycles. The number of carbonyl (C=O) groups excluding carboxylic acids is 1. The summed E-state index contributed by atoms with van der Waals surface area (Å²) in [6.45, 7) is 13.6. The minimum Gasteiger partial charge on any atom is -0.459 e. The molecule has 1 fully saturated rings. The Morgan fingerprint density at radius 2 is 1.57 bits per heavy atom. The van der Waals surface area contributed by atoms with Crippen LogP contribution in [0.1, 0.15) is 96.1 Å². The van der Waals surface area contributed by atoms with Crippen LogP contribution in [0.4, 0.5) is 4.79 Å². The van der Waals surface area contributed by atoms with Gasteiger partial charge >= 0.3 is 6.09 Å². The quantitative estimate of drug-likeness (QED) is 0.0482. The number of ether oxygens (including phenoxy) is 4. The summed E-state index contributed by atoms with van der Waals surface area (Å²) in [5, 5.41) is 25.0. The van der Waals surface area contributed by atoms with Crippen molar-refractivity contribution in [3.63, 3.8) is 0 Å². The van der Waals surface area contributed by atoms with Crippen LogP contribution in [-0.2, 0) is 20.9 Å². The Kier molecular flexibility index (Phi) is 16.2. The monoisotopic (exact) mass is 884 g/mol. The number of aliphatic hydroxyl groups excluding tert-OH is 2. The third-order valence-electron chi connectivity index (χ3n) is 12.8. The zero-order valence-electron chi connectivity index (χ0n) is 38.7. The van der Waals surface area contributed by atoms with E-state index in [1.807, 2.05) is 93.6 Å². The molecular weight excluding hydrogens is 817 g/mol. The van der Waals surface area contributed by atoms with Gasteiger partial charge in [0.1, 0.15) is 29.9 Å². The molecule has 0 bridgehead atoms. The van der Waals surface area contributed by atoms with Gasteiger partial charge in [0.25, 0.3) is 0 Å². The minimum atomic E-state index is -1.38. The van der Waals surface area contributed by atoms with E-state index >= 15 is 0 Å². The Hall–Kier alpha value is -5.42. The summed E-state index contributed by atoms with van der Waals surface area (Å²) in [6.07, 6.45) is 9.31. The second-order valence-corrected chi connectivity index (χ2v) is 18.8. The van der Waals surface area contributed by atoms with Crippen LogP contribution in [-0.4, -0.2) is 71.7 Å². The number of rotatable bonds is 21. The molecule has 6 atom stereocenters. The number of amides is 1. The van der Waals surface area contributed by atoms with Crippen molar-refractivity contribution in [2.75, 3.05) is 33.0 Å². The molecular formula is C55H68N2O8. The molecule has 0 unspecified atom stereocenters. The van der Waals surface area contributed by atoms with Crippen molar-refractivity contribution in [2.45, 2.75) is 103 Å². The molecule has 65 heavy (non-hydrogen) atoms. The van der Waals surface area contributed by atoms with Crippen LogP contribution in [0.2, 0.25) is 0 Å². The highest BCUT2D eigenvalue weighted by molar-refractivity contribution is 6.03. The summed E-state index contributed by atoms with van der Waals surface area (Å²) in [5.74, 6) is 0.185. The summed E-state index contributed by atoms with van der Waals surface area (Å²) in [5.41, 5.74) is 5.67. The highest BCUT2D eigenvalue weighted by Crippen LogP contribution is 2.62. The second-order valence-electron chi connectivity index (χ2n) is 18.8. The number of fused-ring (bicyclic) bond motifs is 2. The molecule has 7 rings (SSSR count). The smallest absolute Gasteiger partial charge is 0.410 e. The molecule has 0 spiro atoms. The third-order valence-corrected chi connectivity index (χ3v) is 12.8. The topological polar surface area (TPSA) is 119 Å². The first kappa shape index (κ1) is 47.5. The maximum atomic E-state index is 14.6. The number of benzene rings is 4. The SMILES string of the molecule is C=CCO[C@@]12Oc3ccc(Oc4ccc(-c5ccccc5)cc4)cc3[C@H]3[C@H](CCCCO)[C@@H](CCCCO)C=C(C(=NOCc4ccccc4)C[C@@H]1N(CCC)C(=O)OCC(C)(C)C)[C@H]32. The van der Waals surface area contributed by atoms with Gasteiger partial charge in [-0.2, -0.15) is 0 Å². The lowest BCUT2D eigenvalue weighted by atomic mass is 9.55. The van der Waals surface area contributed by atoms with E-state index in [1.54, 1.807) is 11.0 Å². The molecule has 10 heteroatoms. The molecule has 2 N–H and O–H groups in total. The lowest BCUT2D eigenvalue weighted by Crippen LogP contribution is -2.70.